The van der Waals surface area contributed by atoms with E-state index in [1.807, 2.05) is 0 Å². The molecule has 2 saturated heterocycles. The molecular weight excluding hydrogens is 366 g/mol. The lowest BCUT2D eigenvalue weighted by atomic mass is 9.72. The minimum absolute atomic E-state index is 0.403. The predicted molar refractivity (Wildman–Crippen MR) is 94.6 cm³/mol. The SMILES string of the molecule is CC(=O)OC(OC(C)=O)[C@]12C=C[C@](C)(O1)[C@H]1C(=O)N(c3ccccc3)C(=O)[C@@H]12. The molecule has 28 heavy (non-hydrogen) atoms. The van der Waals surface area contributed by atoms with Crippen LogP contribution in [0.2, 0.25) is 0 Å². The fourth-order valence-electron chi connectivity index (χ4n) is 4.40. The van der Waals surface area contributed by atoms with Crippen LogP contribution in [-0.4, -0.2) is 41.2 Å². The normalized spacial score (nSPS) is 32.8. The van der Waals surface area contributed by atoms with Gasteiger partial charge in [0.05, 0.1) is 23.1 Å². The van der Waals surface area contributed by atoms with Crippen LogP contribution >= 0.6 is 0 Å². The summed E-state index contributed by atoms with van der Waals surface area (Å²) in [6, 6.07) is 8.57. The molecule has 146 valence electrons. The second-order valence-corrected chi connectivity index (χ2v) is 7.33. The molecule has 0 aliphatic carbocycles. The molecule has 3 heterocycles. The Labute approximate surface area is 161 Å². The van der Waals surface area contributed by atoms with Gasteiger partial charge in [-0.15, -0.1) is 0 Å². The number of rotatable bonds is 4. The minimum atomic E-state index is -1.56. The van der Waals surface area contributed by atoms with Gasteiger partial charge in [0.1, 0.15) is 0 Å². The summed E-state index contributed by atoms with van der Waals surface area (Å²) in [4.78, 5) is 50.8. The lowest BCUT2D eigenvalue weighted by Crippen LogP contribution is -2.52. The molecule has 1 aromatic carbocycles. The monoisotopic (exact) mass is 385 g/mol. The van der Waals surface area contributed by atoms with Crippen LogP contribution in [0.5, 0.6) is 0 Å². The Morgan fingerprint density at radius 3 is 2.14 bits per heavy atom. The van der Waals surface area contributed by atoms with Crippen molar-refractivity contribution >= 4 is 29.4 Å². The number of para-hydroxylation sites is 1. The number of imide groups is 1. The molecule has 3 aliphatic heterocycles. The quantitative estimate of drug-likeness (QED) is 0.334. The maximum Gasteiger partial charge on any atom is 0.305 e. The van der Waals surface area contributed by atoms with Crippen LogP contribution in [-0.2, 0) is 33.4 Å². The van der Waals surface area contributed by atoms with Crippen LogP contribution in [0, 0.1) is 11.8 Å². The standard InChI is InChI=1S/C20H19NO7/c1-11(22)26-18(27-12(2)23)20-10-9-19(3,28-20)14-15(20)17(25)21(16(14)24)13-7-5-4-6-8-13/h4-10,14-15,18H,1-3H3/t14-,15-,19+,20-/m1/s1. The van der Waals surface area contributed by atoms with Crippen molar-refractivity contribution in [2.45, 2.75) is 38.3 Å². The van der Waals surface area contributed by atoms with Crippen molar-refractivity contribution in [1.29, 1.82) is 0 Å². The molecule has 0 spiro atoms. The number of carbonyl (C=O) groups is 4. The van der Waals surface area contributed by atoms with Gasteiger partial charge in [-0.25, -0.2) is 4.90 Å². The van der Waals surface area contributed by atoms with Crippen molar-refractivity contribution in [3.63, 3.8) is 0 Å². The van der Waals surface area contributed by atoms with E-state index in [0.29, 0.717) is 5.69 Å². The second kappa shape index (κ2) is 6.00. The first-order chi connectivity index (χ1) is 13.2. The van der Waals surface area contributed by atoms with Crippen molar-refractivity contribution in [3.8, 4) is 0 Å². The summed E-state index contributed by atoms with van der Waals surface area (Å²) in [6.07, 6.45) is 1.74. The topological polar surface area (TPSA) is 99.2 Å². The first-order valence-electron chi connectivity index (χ1n) is 8.87. The maximum atomic E-state index is 13.3. The molecule has 8 nitrogen and oxygen atoms in total. The van der Waals surface area contributed by atoms with Crippen molar-refractivity contribution in [3.05, 3.63) is 42.5 Å². The Kier molecular flexibility index (Phi) is 3.94. The summed E-state index contributed by atoms with van der Waals surface area (Å²) in [5.41, 5.74) is -2.20. The zero-order valence-electron chi connectivity index (χ0n) is 15.6. The van der Waals surface area contributed by atoms with Crippen molar-refractivity contribution in [2.75, 3.05) is 4.90 Å². The molecule has 0 saturated carbocycles. The zero-order chi connectivity index (χ0) is 20.3. The second-order valence-electron chi connectivity index (χ2n) is 7.33. The molecule has 4 rings (SSSR count). The van der Waals surface area contributed by atoms with Gasteiger partial charge in [-0.1, -0.05) is 24.3 Å². The Bertz CT molecular complexity index is 894. The van der Waals surface area contributed by atoms with E-state index in [4.69, 9.17) is 14.2 Å². The van der Waals surface area contributed by atoms with E-state index in [1.165, 1.54) is 0 Å². The smallest absolute Gasteiger partial charge is 0.305 e. The van der Waals surface area contributed by atoms with Gasteiger partial charge < -0.3 is 14.2 Å². The highest BCUT2D eigenvalue weighted by molar-refractivity contribution is 6.23. The summed E-state index contributed by atoms with van der Waals surface area (Å²) < 4.78 is 16.5. The van der Waals surface area contributed by atoms with Gasteiger partial charge in [-0.2, -0.15) is 0 Å². The van der Waals surface area contributed by atoms with Crippen molar-refractivity contribution < 1.29 is 33.4 Å². The number of carbonyl (C=O) groups excluding carboxylic acids is 4. The highest BCUT2D eigenvalue weighted by Crippen LogP contribution is 2.59. The molecule has 4 atom stereocenters. The van der Waals surface area contributed by atoms with Gasteiger partial charge in [0.15, 0.2) is 5.60 Å². The molecule has 8 heteroatoms. The van der Waals surface area contributed by atoms with Crippen LogP contribution in [0.15, 0.2) is 42.5 Å². The van der Waals surface area contributed by atoms with Gasteiger partial charge in [0.2, 0.25) is 11.8 Å². The van der Waals surface area contributed by atoms with E-state index in [-0.39, 0.29) is 0 Å². The number of anilines is 1. The number of amides is 2. The minimum Gasteiger partial charge on any atom is -0.422 e. The number of hydrogen-bond acceptors (Lipinski definition) is 7. The van der Waals surface area contributed by atoms with Crippen LogP contribution in [0.1, 0.15) is 20.8 Å². The average molecular weight is 385 g/mol. The van der Waals surface area contributed by atoms with Crippen LogP contribution in [0.25, 0.3) is 0 Å². The molecule has 0 radical (unpaired) electrons. The predicted octanol–water partition coefficient (Wildman–Crippen LogP) is 1.34. The van der Waals surface area contributed by atoms with Crippen LogP contribution in [0.3, 0.4) is 0 Å². The molecule has 0 N–H and O–H groups in total. The van der Waals surface area contributed by atoms with Crippen LogP contribution in [0.4, 0.5) is 5.69 Å². The molecule has 2 amide bonds. The third kappa shape index (κ3) is 2.41. The number of nitrogens with zero attached hydrogens (tertiary/aromatic N) is 1. The number of ether oxygens (including phenoxy) is 3. The Morgan fingerprint density at radius 2 is 1.57 bits per heavy atom. The number of hydrogen-bond donors (Lipinski definition) is 0. The van der Waals surface area contributed by atoms with Crippen LogP contribution < -0.4 is 4.90 Å². The van der Waals surface area contributed by atoms with E-state index in [9.17, 15) is 19.2 Å². The van der Waals surface area contributed by atoms with E-state index in [2.05, 4.69) is 0 Å². The van der Waals surface area contributed by atoms with Gasteiger partial charge in [-0.05, 0) is 25.1 Å². The molecule has 0 unspecified atom stereocenters. The Balaban J connectivity index is 1.80. The lowest BCUT2D eigenvalue weighted by Gasteiger charge is -2.34. The lowest BCUT2D eigenvalue weighted by molar-refractivity contribution is -0.231. The Morgan fingerprint density at radius 1 is 1.00 bits per heavy atom. The molecule has 1 aromatic rings. The first-order valence-corrected chi connectivity index (χ1v) is 8.87. The van der Waals surface area contributed by atoms with Crippen molar-refractivity contribution in [2.24, 2.45) is 11.8 Å². The summed E-state index contributed by atoms with van der Waals surface area (Å²) >= 11 is 0. The summed E-state index contributed by atoms with van der Waals surface area (Å²) in [6.45, 7) is 4.01. The summed E-state index contributed by atoms with van der Waals surface area (Å²) in [5.74, 6) is -4.10. The number of benzene rings is 1. The van der Waals surface area contributed by atoms with Gasteiger partial charge >= 0.3 is 11.9 Å². The molecular formula is C20H19NO7. The molecule has 2 bridgehead atoms. The number of esters is 2. The number of fused-ring (bicyclic) bond motifs is 5. The highest BCUT2D eigenvalue weighted by atomic mass is 16.7. The molecule has 3 aliphatic rings. The Hall–Kier alpha value is -3.00. The third-order valence-electron chi connectivity index (χ3n) is 5.41. The maximum absolute atomic E-state index is 13.3. The fourth-order valence-corrected chi connectivity index (χ4v) is 4.40. The van der Waals surface area contributed by atoms with Gasteiger partial charge in [0, 0.05) is 13.8 Å². The van der Waals surface area contributed by atoms with Crippen molar-refractivity contribution in [1.82, 2.24) is 0 Å². The highest BCUT2D eigenvalue weighted by Gasteiger charge is 2.75. The third-order valence-corrected chi connectivity index (χ3v) is 5.41. The van der Waals surface area contributed by atoms with E-state index >= 15 is 0 Å². The zero-order valence-corrected chi connectivity index (χ0v) is 15.6. The summed E-state index contributed by atoms with van der Waals surface area (Å²) in [5, 5.41) is 0. The van der Waals surface area contributed by atoms with E-state index in [0.717, 1.165) is 18.7 Å². The fraction of sp³-hybridized carbons (Fsp3) is 0.400. The first kappa shape index (κ1) is 18.4. The van der Waals surface area contributed by atoms with E-state index in [1.54, 1.807) is 49.4 Å². The largest absolute Gasteiger partial charge is 0.422 e. The van der Waals surface area contributed by atoms with E-state index < -0.39 is 53.1 Å². The van der Waals surface area contributed by atoms with Gasteiger partial charge in [0.25, 0.3) is 6.29 Å². The molecule has 2 fully saturated rings. The van der Waals surface area contributed by atoms with Gasteiger partial charge in [-0.3, -0.25) is 19.2 Å². The summed E-state index contributed by atoms with van der Waals surface area (Å²) in [7, 11) is 0. The molecule has 0 aromatic heterocycles. The average Bonchev–Trinajstić information content (AvgIpc) is 3.20.